The highest BCUT2D eigenvalue weighted by molar-refractivity contribution is 7.90. The molecule has 1 amide bonds. The Balaban J connectivity index is 1.19. The average molecular weight is 589 g/mol. The number of halogens is 1. The number of sulfonamides is 1. The van der Waals surface area contributed by atoms with Crippen LogP contribution in [0.1, 0.15) is 28.4 Å². The highest BCUT2D eigenvalue weighted by Gasteiger charge is 2.21. The molecule has 0 unspecified atom stereocenters. The number of nitrogens with one attached hydrogen (secondary N) is 1. The van der Waals surface area contributed by atoms with Crippen LogP contribution in [0.25, 0.3) is 11.1 Å². The molecule has 1 heterocycles. The second-order valence-corrected chi connectivity index (χ2v) is 12.2. The van der Waals surface area contributed by atoms with Gasteiger partial charge in [0.1, 0.15) is 0 Å². The third kappa shape index (κ3) is 6.73. The lowest BCUT2D eigenvalue weighted by molar-refractivity contribution is 0.0981. The summed E-state index contributed by atoms with van der Waals surface area (Å²) >= 11 is 6.08. The van der Waals surface area contributed by atoms with Crippen LogP contribution in [-0.4, -0.2) is 45.4 Å². The second-order valence-electron chi connectivity index (χ2n) is 10.1. The molecule has 0 bridgehead atoms. The number of carbonyl (C=O) groups is 1. The first-order valence-electron chi connectivity index (χ1n) is 13.6. The first-order valence-corrected chi connectivity index (χ1v) is 15.5. The summed E-state index contributed by atoms with van der Waals surface area (Å²) in [5.74, 6) is -0.671. The third-order valence-corrected chi connectivity index (χ3v) is 9.05. The maximum Gasteiger partial charge on any atom is 0.264 e. The minimum atomic E-state index is -4.02. The summed E-state index contributed by atoms with van der Waals surface area (Å²) in [7, 11) is -4.02. The summed E-state index contributed by atoms with van der Waals surface area (Å²) in [5.41, 5.74) is 12.1. The highest BCUT2D eigenvalue weighted by atomic mass is 35.5. The number of piperazine rings is 1. The van der Waals surface area contributed by atoms with Crippen molar-refractivity contribution in [1.82, 2.24) is 9.62 Å². The van der Waals surface area contributed by atoms with E-state index in [9.17, 15) is 13.2 Å². The second kappa shape index (κ2) is 12.3. The van der Waals surface area contributed by atoms with Crippen LogP contribution in [-0.2, 0) is 23.0 Å². The van der Waals surface area contributed by atoms with E-state index in [1.807, 2.05) is 31.2 Å². The number of amides is 1. The maximum atomic E-state index is 12.8. The molecule has 7 nitrogen and oxygen atoms in total. The van der Waals surface area contributed by atoms with Gasteiger partial charge in [-0.2, -0.15) is 0 Å². The normalized spacial score (nSPS) is 14.1. The molecule has 1 fully saturated rings. The number of rotatable bonds is 8. The SMILES string of the molecule is CCc1cc(S(=O)(=O)NC(=O)c2ccc(N3CCN(Cc4ccccc4-c4ccc(Cl)cc4)CC3)cc2)ccc1N. The van der Waals surface area contributed by atoms with Gasteiger partial charge in [-0.3, -0.25) is 9.69 Å². The third-order valence-electron chi connectivity index (χ3n) is 7.47. The molecule has 0 radical (unpaired) electrons. The van der Waals surface area contributed by atoms with Crippen LogP contribution in [0, 0.1) is 0 Å². The molecule has 41 heavy (non-hydrogen) atoms. The molecule has 1 aliphatic heterocycles. The van der Waals surface area contributed by atoms with E-state index in [1.165, 1.54) is 23.3 Å². The number of carbonyl (C=O) groups excluding carboxylic acids is 1. The van der Waals surface area contributed by atoms with Gasteiger partial charge in [0.2, 0.25) is 0 Å². The van der Waals surface area contributed by atoms with Crippen LogP contribution in [0.5, 0.6) is 0 Å². The lowest BCUT2D eigenvalue weighted by atomic mass is 9.99. The van der Waals surface area contributed by atoms with Crippen molar-refractivity contribution in [3.05, 3.63) is 113 Å². The summed E-state index contributed by atoms with van der Waals surface area (Å²) in [4.78, 5) is 17.5. The number of anilines is 2. The standard InChI is InChI=1S/C32H33ClN4O3S/c1-2-23-21-29(15-16-31(23)34)41(39,40)35-32(38)25-9-13-28(14-10-25)37-19-17-36(18-20-37)22-26-5-3-4-6-30(26)24-7-11-27(33)12-8-24/h3-16,21H,2,17-20,22,34H2,1H3,(H,35,38). The van der Waals surface area contributed by atoms with Crippen molar-refractivity contribution in [2.45, 2.75) is 24.8 Å². The number of nitrogens with zero attached hydrogens (tertiary/aromatic N) is 2. The molecule has 0 atom stereocenters. The Bertz CT molecular complexity index is 1630. The van der Waals surface area contributed by atoms with Gasteiger partial charge in [-0.25, -0.2) is 13.1 Å². The first-order chi connectivity index (χ1) is 19.7. The molecule has 0 aliphatic carbocycles. The van der Waals surface area contributed by atoms with Gasteiger partial charge in [0.05, 0.1) is 4.90 Å². The molecule has 4 aromatic carbocycles. The minimum absolute atomic E-state index is 0.0159. The van der Waals surface area contributed by atoms with E-state index in [0.717, 1.165) is 54.6 Å². The maximum absolute atomic E-state index is 12.8. The van der Waals surface area contributed by atoms with Gasteiger partial charge < -0.3 is 10.6 Å². The smallest absolute Gasteiger partial charge is 0.264 e. The quantitative estimate of drug-likeness (QED) is 0.260. The molecule has 4 aromatic rings. The van der Waals surface area contributed by atoms with E-state index < -0.39 is 15.9 Å². The Kier molecular flexibility index (Phi) is 8.63. The molecular weight excluding hydrogens is 556 g/mol. The predicted octanol–water partition coefficient (Wildman–Crippen LogP) is 5.59. The molecule has 3 N–H and O–H groups in total. The molecule has 212 valence electrons. The number of hydrogen-bond donors (Lipinski definition) is 2. The Morgan fingerprint density at radius 3 is 2.24 bits per heavy atom. The van der Waals surface area contributed by atoms with Crippen molar-refractivity contribution >= 4 is 38.9 Å². The Hall–Kier alpha value is -3.85. The number of hydrogen-bond acceptors (Lipinski definition) is 6. The van der Waals surface area contributed by atoms with Crippen molar-refractivity contribution < 1.29 is 13.2 Å². The molecule has 1 saturated heterocycles. The van der Waals surface area contributed by atoms with E-state index in [2.05, 4.69) is 50.9 Å². The fraction of sp³-hybridized carbons (Fsp3) is 0.219. The van der Waals surface area contributed by atoms with E-state index in [-0.39, 0.29) is 10.5 Å². The van der Waals surface area contributed by atoms with Crippen LogP contribution in [0.15, 0.2) is 95.9 Å². The summed E-state index contributed by atoms with van der Waals surface area (Å²) < 4.78 is 27.8. The van der Waals surface area contributed by atoms with Gasteiger partial charge in [-0.05, 0) is 83.3 Å². The zero-order valence-corrected chi connectivity index (χ0v) is 24.5. The summed E-state index contributed by atoms with van der Waals surface area (Å²) in [6.45, 7) is 6.24. The molecular formula is C32H33ClN4O3S. The Labute approximate surface area is 246 Å². The zero-order valence-electron chi connectivity index (χ0n) is 22.9. The van der Waals surface area contributed by atoms with E-state index in [1.54, 1.807) is 18.2 Å². The lowest BCUT2D eigenvalue weighted by Crippen LogP contribution is -2.46. The largest absolute Gasteiger partial charge is 0.399 e. The van der Waals surface area contributed by atoms with Gasteiger partial charge in [0.25, 0.3) is 15.9 Å². The molecule has 0 saturated carbocycles. The Morgan fingerprint density at radius 2 is 1.56 bits per heavy atom. The van der Waals surface area contributed by atoms with Crippen molar-refractivity contribution in [3.63, 3.8) is 0 Å². The first kappa shape index (κ1) is 28.7. The van der Waals surface area contributed by atoms with Crippen LogP contribution >= 0.6 is 11.6 Å². The van der Waals surface area contributed by atoms with Crippen molar-refractivity contribution in [1.29, 1.82) is 0 Å². The van der Waals surface area contributed by atoms with Gasteiger partial charge in [0, 0.05) is 54.7 Å². The van der Waals surface area contributed by atoms with Crippen LogP contribution in [0.2, 0.25) is 5.02 Å². The Morgan fingerprint density at radius 1 is 0.878 bits per heavy atom. The summed E-state index contributed by atoms with van der Waals surface area (Å²) in [6, 6.07) is 27.9. The minimum Gasteiger partial charge on any atom is -0.399 e. The average Bonchev–Trinajstić information content (AvgIpc) is 2.98. The number of nitrogen functional groups attached to an aromatic ring is 1. The van der Waals surface area contributed by atoms with Crippen LogP contribution in [0.4, 0.5) is 11.4 Å². The van der Waals surface area contributed by atoms with Crippen molar-refractivity contribution in [2.75, 3.05) is 36.8 Å². The van der Waals surface area contributed by atoms with Crippen molar-refractivity contribution in [2.24, 2.45) is 0 Å². The number of benzene rings is 4. The molecule has 9 heteroatoms. The van der Waals surface area contributed by atoms with Gasteiger partial charge in [-0.15, -0.1) is 0 Å². The van der Waals surface area contributed by atoms with E-state index in [0.29, 0.717) is 12.1 Å². The van der Waals surface area contributed by atoms with Gasteiger partial charge >= 0.3 is 0 Å². The van der Waals surface area contributed by atoms with Crippen LogP contribution < -0.4 is 15.4 Å². The fourth-order valence-electron chi connectivity index (χ4n) is 5.09. The number of nitrogens with two attached hydrogens (primary N) is 1. The van der Waals surface area contributed by atoms with E-state index in [4.69, 9.17) is 17.3 Å². The lowest BCUT2D eigenvalue weighted by Gasteiger charge is -2.36. The molecule has 1 aliphatic rings. The van der Waals surface area contributed by atoms with Crippen LogP contribution in [0.3, 0.4) is 0 Å². The fourth-order valence-corrected chi connectivity index (χ4v) is 6.24. The molecule has 5 rings (SSSR count). The summed E-state index contributed by atoms with van der Waals surface area (Å²) in [5, 5.41) is 0.727. The monoisotopic (exact) mass is 588 g/mol. The molecule has 0 spiro atoms. The summed E-state index contributed by atoms with van der Waals surface area (Å²) in [6.07, 6.45) is 0.593. The van der Waals surface area contributed by atoms with E-state index >= 15 is 0 Å². The zero-order chi connectivity index (χ0) is 29.0. The van der Waals surface area contributed by atoms with Crippen molar-refractivity contribution in [3.8, 4) is 11.1 Å². The topological polar surface area (TPSA) is 95.7 Å². The van der Waals surface area contributed by atoms with Gasteiger partial charge in [-0.1, -0.05) is 54.9 Å². The molecule has 0 aromatic heterocycles. The predicted molar refractivity (Wildman–Crippen MR) is 166 cm³/mol. The van der Waals surface area contributed by atoms with Gasteiger partial charge in [0.15, 0.2) is 0 Å². The highest BCUT2D eigenvalue weighted by Crippen LogP contribution is 2.27. The number of aryl methyl sites for hydroxylation is 1.